The van der Waals surface area contributed by atoms with Crippen LogP contribution < -0.4 is 0 Å². The molecule has 3 saturated heterocycles. The number of aromatic nitrogens is 2. The number of carbonyl (C=O) groups excluding carboxylic acids is 1. The standard InChI is InChI=1S/C36H47ClN6O3S/c1-26-24-41(36(4)15-19-40(20-16-36)35(44)33-27(2)38-25-39-28(33)3)21-22-43(26)34(29-9-6-5-7-10-29)30-13-17-42(18-14-30)47(45,46)32-12-8-11-31(37)23-32/h5-12,23,25-26,30,34H,13-22,24H2,1-4H3/t26-,34-/m0/s1. The lowest BCUT2D eigenvalue weighted by Crippen LogP contribution is -2.63. The molecule has 3 aliphatic heterocycles. The minimum Gasteiger partial charge on any atom is -0.338 e. The maximum Gasteiger partial charge on any atom is 0.257 e. The molecule has 0 aliphatic carbocycles. The molecule has 0 radical (unpaired) electrons. The van der Waals surface area contributed by atoms with Crippen LogP contribution in [-0.4, -0.2) is 101 Å². The summed E-state index contributed by atoms with van der Waals surface area (Å²) >= 11 is 6.13. The smallest absolute Gasteiger partial charge is 0.257 e. The average Bonchev–Trinajstić information content (AvgIpc) is 3.06. The van der Waals surface area contributed by atoms with Crippen molar-refractivity contribution in [3.05, 3.63) is 88.5 Å². The number of likely N-dealkylation sites (tertiary alicyclic amines) is 1. The van der Waals surface area contributed by atoms with E-state index in [4.69, 9.17) is 11.6 Å². The molecular formula is C36H47ClN6O3S. The van der Waals surface area contributed by atoms with Crippen LogP contribution in [0.1, 0.15) is 72.9 Å². The first-order valence-corrected chi connectivity index (χ1v) is 18.7. The van der Waals surface area contributed by atoms with Gasteiger partial charge in [0.15, 0.2) is 0 Å². The Morgan fingerprint density at radius 3 is 2.19 bits per heavy atom. The summed E-state index contributed by atoms with van der Waals surface area (Å²) in [5.41, 5.74) is 3.44. The maximum absolute atomic E-state index is 13.4. The van der Waals surface area contributed by atoms with Crippen LogP contribution in [0.4, 0.5) is 0 Å². The third kappa shape index (κ3) is 6.99. The number of rotatable bonds is 7. The summed E-state index contributed by atoms with van der Waals surface area (Å²) in [5, 5.41) is 0.429. The van der Waals surface area contributed by atoms with Crippen LogP contribution in [-0.2, 0) is 10.0 Å². The van der Waals surface area contributed by atoms with Gasteiger partial charge in [-0.25, -0.2) is 18.4 Å². The minimum atomic E-state index is -3.59. The Kier molecular flexibility index (Phi) is 10.1. The Bertz CT molecular complexity index is 1650. The monoisotopic (exact) mass is 678 g/mol. The van der Waals surface area contributed by atoms with E-state index >= 15 is 0 Å². The molecule has 1 aromatic heterocycles. The molecule has 0 saturated carbocycles. The van der Waals surface area contributed by atoms with Gasteiger partial charge in [0.1, 0.15) is 6.33 Å². The molecule has 4 heterocycles. The van der Waals surface area contributed by atoms with Crippen molar-refractivity contribution in [3.63, 3.8) is 0 Å². The second-order valence-corrected chi connectivity index (χ2v) is 16.2. The fourth-order valence-corrected chi connectivity index (χ4v) is 9.81. The minimum absolute atomic E-state index is 0.0245. The number of hydrogen-bond acceptors (Lipinski definition) is 7. The Morgan fingerprint density at radius 1 is 0.915 bits per heavy atom. The van der Waals surface area contributed by atoms with Crippen LogP contribution in [0.5, 0.6) is 0 Å². The zero-order valence-electron chi connectivity index (χ0n) is 28.0. The summed E-state index contributed by atoms with van der Waals surface area (Å²) in [7, 11) is -3.59. The van der Waals surface area contributed by atoms with Crippen molar-refractivity contribution < 1.29 is 13.2 Å². The predicted octanol–water partition coefficient (Wildman–Crippen LogP) is 5.59. The van der Waals surface area contributed by atoms with Crippen LogP contribution >= 0.6 is 11.6 Å². The number of hydrogen-bond donors (Lipinski definition) is 0. The highest BCUT2D eigenvalue weighted by atomic mass is 35.5. The van der Waals surface area contributed by atoms with Crippen molar-refractivity contribution in [1.29, 1.82) is 0 Å². The molecule has 11 heteroatoms. The van der Waals surface area contributed by atoms with Crippen LogP contribution in [0.3, 0.4) is 0 Å². The molecule has 252 valence electrons. The van der Waals surface area contributed by atoms with E-state index in [0.29, 0.717) is 35.6 Å². The van der Waals surface area contributed by atoms with Gasteiger partial charge in [-0.1, -0.05) is 48.0 Å². The van der Waals surface area contributed by atoms with E-state index in [1.165, 1.54) is 11.9 Å². The summed E-state index contributed by atoms with van der Waals surface area (Å²) in [6, 6.07) is 17.9. The molecule has 0 bridgehead atoms. The van der Waals surface area contributed by atoms with Crippen LogP contribution in [0.25, 0.3) is 0 Å². The SMILES string of the molecule is Cc1ncnc(C)c1C(=O)N1CCC(C)(N2CCN([C@@H](c3ccccc3)C3CCN(S(=O)(=O)c4cccc(Cl)c4)CC3)[C@@H](C)C2)CC1. The first kappa shape index (κ1) is 34.0. The zero-order chi connectivity index (χ0) is 33.3. The molecule has 6 rings (SSSR count). The van der Waals surface area contributed by atoms with E-state index in [1.807, 2.05) is 18.7 Å². The quantitative estimate of drug-likeness (QED) is 0.322. The molecule has 1 amide bonds. The lowest BCUT2D eigenvalue weighted by Gasteiger charge is -2.54. The lowest BCUT2D eigenvalue weighted by atomic mass is 9.82. The Balaban J connectivity index is 1.12. The van der Waals surface area contributed by atoms with Crippen LogP contribution in [0.15, 0.2) is 65.8 Å². The molecule has 0 N–H and O–H groups in total. The Labute approximate surface area is 285 Å². The second-order valence-electron chi connectivity index (χ2n) is 13.8. The molecule has 9 nitrogen and oxygen atoms in total. The van der Waals surface area contributed by atoms with E-state index in [2.05, 4.69) is 63.9 Å². The van der Waals surface area contributed by atoms with Gasteiger partial charge in [0.05, 0.1) is 21.8 Å². The van der Waals surface area contributed by atoms with Crippen molar-refractivity contribution >= 4 is 27.5 Å². The van der Waals surface area contributed by atoms with E-state index in [1.54, 1.807) is 28.6 Å². The highest BCUT2D eigenvalue weighted by Crippen LogP contribution is 2.40. The van der Waals surface area contributed by atoms with Crippen LogP contribution in [0.2, 0.25) is 5.02 Å². The van der Waals surface area contributed by atoms with E-state index < -0.39 is 10.0 Å². The zero-order valence-corrected chi connectivity index (χ0v) is 29.6. The second kappa shape index (κ2) is 13.9. The summed E-state index contributed by atoms with van der Waals surface area (Å²) < 4.78 is 28.5. The highest BCUT2D eigenvalue weighted by Gasteiger charge is 2.43. The molecule has 3 aromatic rings. The van der Waals surface area contributed by atoms with Crippen LogP contribution in [0, 0.1) is 19.8 Å². The Hall–Kier alpha value is -2.89. The third-order valence-electron chi connectivity index (χ3n) is 10.9. The third-order valence-corrected chi connectivity index (χ3v) is 13.0. The van der Waals surface area contributed by atoms with Gasteiger partial charge >= 0.3 is 0 Å². The van der Waals surface area contributed by atoms with Gasteiger partial charge in [0.2, 0.25) is 10.0 Å². The van der Waals surface area contributed by atoms with Gasteiger partial charge in [-0.15, -0.1) is 0 Å². The van der Waals surface area contributed by atoms with Gasteiger partial charge in [-0.2, -0.15) is 4.31 Å². The first-order chi connectivity index (χ1) is 22.5. The van der Waals surface area contributed by atoms with Crippen molar-refractivity contribution in [2.75, 3.05) is 45.8 Å². The number of benzene rings is 2. The molecular weight excluding hydrogens is 632 g/mol. The first-order valence-electron chi connectivity index (χ1n) is 16.9. The van der Waals surface area contributed by atoms with E-state index in [9.17, 15) is 13.2 Å². The van der Waals surface area contributed by atoms with Crippen molar-refractivity contribution in [2.24, 2.45) is 5.92 Å². The summed E-state index contributed by atoms with van der Waals surface area (Å²) in [5.74, 6) is 0.383. The number of aryl methyl sites for hydroxylation is 2. The van der Waals surface area contributed by atoms with Gasteiger partial charge in [0, 0.05) is 68.5 Å². The van der Waals surface area contributed by atoms with E-state index in [-0.39, 0.29) is 22.4 Å². The number of amides is 1. The number of sulfonamides is 1. The maximum atomic E-state index is 13.4. The molecule has 2 aromatic carbocycles. The number of nitrogens with zero attached hydrogens (tertiary/aromatic N) is 6. The van der Waals surface area contributed by atoms with Gasteiger partial charge in [-0.05, 0) is 83.1 Å². The lowest BCUT2D eigenvalue weighted by molar-refractivity contribution is -0.0421. The summed E-state index contributed by atoms with van der Waals surface area (Å²) in [6.07, 6.45) is 4.99. The number of piperidine rings is 2. The molecule has 47 heavy (non-hydrogen) atoms. The number of piperazine rings is 1. The largest absolute Gasteiger partial charge is 0.338 e. The van der Waals surface area contributed by atoms with Crippen molar-refractivity contribution in [3.8, 4) is 0 Å². The predicted molar refractivity (Wildman–Crippen MR) is 185 cm³/mol. The molecule has 3 aliphatic rings. The van der Waals surface area contributed by atoms with Gasteiger partial charge < -0.3 is 4.90 Å². The fourth-order valence-electron chi connectivity index (χ4n) is 8.04. The molecule has 3 fully saturated rings. The number of carbonyl (C=O) groups is 1. The van der Waals surface area contributed by atoms with E-state index in [0.717, 1.165) is 69.8 Å². The Morgan fingerprint density at radius 2 is 1.57 bits per heavy atom. The summed E-state index contributed by atoms with van der Waals surface area (Å²) in [4.78, 5) is 29.5. The van der Waals surface area contributed by atoms with Gasteiger partial charge in [-0.3, -0.25) is 14.6 Å². The normalized spacial score (nSPS) is 22.7. The molecule has 0 unspecified atom stereocenters. The van der Waals surface area contributed by atoms with Crippen molar-refractivity contribution in [1.82, 2.24) is 29.0 Å². The highest BCUT2D eigenvalue weighted by molar-refractivity contribution is 7.89. The molecule has 2 atom stereocenters. The average molecular weight is 679 g/mol. The summed E-state index contributed by atoms with van der Waals surface area (Å²) in [6.45, 7) is 13.8. The topological polar surface area (TPSA) is 90.0 Å². The number of halogens is 1. The molecule has 0 spiro atoms. The van der Waals surface area contributed by atoms with Crippen molar-refractivity contribution in [2.45, 2.75) is 75.9 Å². The fraction of sp³-hybridized carbons (Fsp3) is 0.528. The van der Waals surface area contributed by atoms with Gasteiger partial charge in [0.25, 0.3) is 5.91 Å².